The molecule has 0 saturated carbocycles. The molecule has 6 heteroatoms. The number of carbonyl (C=O) groups excluding carboxylic acids is 1. The highest BCUT2D eigenvalue weighted by molar-refractivity contribution is 5.96. The highest BCUT2D eigenvalue weighted by atomic mass is 16.7. The zero-order chi connectivity index (χ0) is 17.6. The summed E-state index contributed by atoms with van der Waals surface area (Å²) in [5.41, 5.74) is 3.75. The van der Waals surface area contributed by atoms with Gasteiger partial charge in [-0.15, -0.1) is 0 Å². The van der Waals surface area contributed by atoms with E-state index in [4.69, 9.17) is 18.9 Å². The third kappa shape index (κ3) is 2.45. The average molecular weight is 341 g/mol. The molecule has 130 valence electrons. The van der Waals surface area contributed by atoms with Gasteiger partial charge in [0.15, 0.2) is 11.5 Å². The van der Waals surface area contributed by atoms with Gasteiger partial charge in [0.05, 0.1) is 19.9 Å². The summed E-state index contributed by atoms with van der Waals surface area (Å²) in [6.45, 7) is 2.12. The lowest BCUT2D eigenvalue weighted by Crippen LogP contribution is -2.24. The minimum absolute atomic E-state index is 0.0227. The molecular formula is C19H19NO5. The van der Waals surface area contributed by atoms with Crippen molar-refractivity contribution in [3.63, 3.8) is 0 Å². The maximum absolute atomic E-state index is 12.3. The van der Waals surface area contributed by atoms with Crippen molar-refractivity contribution in [2.75, 3.05) is 26.3 Å². The number of fused-ring (bicyclic) bond motifs is 2. The van der Waals surface area contributed by atoms with E-state index < -0.39 is 0 Å². The molecule has 0 aromatic heterocycles. The minimum atomic E-state index is -0.0863. The fourth-order valence-electron chi connectivity index (χ4n) is 3.53. The monoisotopic (exact) mass is 341 g/mol. The Morgan fingerprint density at radius 2 is 1.92 bits per heavy atom. The predicted octanol–water partition coefficient (Wildman–Crippen LogP) is 3.22. The molecule has 1 unspecified atom stereocenters. The fourth-order valence-corrected chi connectivity index (χ4v) is 3.53. The largest absolute Gasteiger partial charge is 0.496 e. The zero-order valence-corrected chi connectivity index (χ0v) is 14.3. The lowest BCUT2D eigenvalue weighted by molar-refractivity contribution is -0.116. The van der Waals surface area contributed by atoms with Gasteiger partial charge in [0, 0.05) is 17.9 Å². The van der Waals surface area contributed by atoms with E-state index in [1.54, 1.807) is 14.2 Å². The number of ether oxygens (including phenoxy) is 4. The molecule has 1 amide bonds. The van der Waals surface area contributed by atoms with E-state index in [1.807, 2.05) is 31.2 Å². The molecular weight excluding hydrogens is 322 g/mol. The second kappa shape index (κ2) is 5.88. The van der Waals surface area contributed by atoms with Crippen LogP contribution >= 0.6 is 0 Å². The Morgan fingerprint density at radius 3 is 2.68 bits per heavy atom. The Bertz CT molecular complexity index is 861. The molecule has 2 heterocycles. The molecule has 0 saturated heterocycles. The van der Waals surface area contributed by atoms with E-state index in [-0.39, 0.29) is 18.6 Å². The van der Waals surface area contributed by atoms with Crippen LogP contribution in [0.5, 0.6) is 23.0 Å². The van der Waals surface area contributed by atoms with Crippen LogP contribution in [0.1, 0.15) is 29.0 Å². The van der Waals surface area contributed by atoms with Gasteiger partial charge in [-0.3, -0.25) is 4.79 Å². The first-order valence-corrected chi connectivity index (χ1v) is 8.07. The molecule has 6 nitrogen and oxygen atoms in total. The second-order valence-corrected chi connectivity index (χ2v) is 6.12. The van der Waals surface area contributed by atoms with Crippen LogP contribution in [0.4, 0.5) is 5.69 Å². The van der Waals surface area contributed by atoms with Crippen LogP contribution < -0.4 is 24.3 Å². The maximum Gasteiger partial charge on any atom is 0.231 e. The van der Waals surface area contributed by atoms with Gasteiger partial charge in [0.25, 0.3) is 0 Å². The number of benzene rings is 2. The van der Waals surface area contributed by atoms with Crippen molar-refractivity contribution in [2.24, 2.45) is 0 Å². The number of hydrogen-bond acceptors (Lipinski definition) is 5. The summed E-state index contributed by atoms with van der Waals surface area (Å²) in [6, 6.07) is 7.78. The summed E-state index contributed by atoms with van der Waals surface area (Å²) in [5, 5.41) is 2.98. The molecule has 2 aliphatic rings. The fraction of sp³-hybridized carbons (Fsp3) is 0.316. The van der Waals surface area contributed by atoms with Crippen molar-refractivity contribution in [2.45, 2.75) is 19.3 Å². The van der Waals surface area contributed by atoms with Crippen molar-refractivity contribution < 1.29 is 23.7 Å². The number of carbonyl (C=O) groups is 1. The van der Waals surface area contributed by atoms with Crippen LogP contribution in [0.15, 0.2) is 24.3 Å². The molecule has 2 aromatic carbocycles. The molecule has 1 N–H and O–H groups in total. The van der Waals surface area contributed by atoms with Gasteiger partial charge in [-0.2, -0.15) is 0 Å². The topological polar surface area (TPSA) is 66.0 Å². The first kappa shape index (κ1) is 15.6. The quantitative estimate of drug-likeness (QED) is 0.928. The molecule has 25 heavy (non-hydrogen) atoms. The molecule has 0 fully saturated rings. The van der Waals surface area contributed by atoms with E-state index >= 15 is 0 Å². The van der Waals surface area contributed by atoms with E-state index in [9.17, 15) is 4.79 Å². The lowest BCUT2D eigenvalue weighted by atomic mass is 9.83. The number of hydrogen-bond donors (Lipinski definition) is 1. The van der Waals surface area contributed by atoms with Gasteiger partial charge in [-0.05, 0) is 36.2 Å². The van der Waals surface area contributed by atoms with Gasteiger partial charge in [0.1, 0.15) is 5.75 Å². The number of anilines is 1. The predicted molar refractivity (Wildman–Crippen MR) is 91.9 cm³/mol. The molecule has 0 aliphatic carbocycles. The Hall–Kier alpha value is -2.89. The molecule has 2 aliphatic heterocycles. The van der Waals surface area contributed by atoms with Crippen molar-refractivity contribution in [3.05, 3.63) is 41.0 Å². The smallest absolute Gasteiger partial charge is 0.231 e. The van der Waals surface area contributed by atoms with Gasteiger partial charge >= 0.3 is 0 Å². The first-order chi connectivity index (χ1) is 12.1. The number of rotatable bonds is 3. The molecule has 4 rings (SSSR count). The average Bonchev–Trinajstić information content (AvgIpc) is 3.09. The molecule has 0 spiro atoms. The number of nitrogens with one attached hydrogen (secondary N) is 1. The summed E-state index contributed by atoms with van der Waals surface area (Å²) in [6.07, 6.45) is 0.363. The summed E-state index contributed by atoms with van der Waals surface area (Å²) >= 11 is 0. The van der Waals surface area contributed by atoms with Crippen LogP contribution in [-0.2, 0) is 4.79 Å². The Morgan fingerprint density at radius 1 is 1.12 bits per heavy atom. The van der Waals surface area contributed by atoms with Crippen molar-refractivity contribution >= 4 is 11.6 Å². The number of methoxy groups -OCH3 is 2. The van der Waals surface area contributed by atoms with Crippen LogP contribution in [0.25, 0.3) is 0 Å². The standard InChI is InChI=1S/C19H19NO5/c1-10-14(22-2)5-4-12-13(8-17(21)20-18(10)12)11-6-15(23-3)19-16(7-11)24-9-25-19/h4-7,13H,8-9H2,1-3H3,(H,20,21). The highest BCUT2D eigenvalue weighted by Gasteiger charge is 2.31. The van der Waals surface area contributed by atoms with E-state index in [1.165, 1.54) is 0 Å². The van der Waals surface area contributed by atoms with Crippen molar-refractivity contribution in [1.29, 1.82) is 0 Å². The lowest BCUT2D eigenvalue weighted by Gasteiger charge is -2.28. The van der Waals surface area contributed by atoms with Gasteiger partial charge in [-0.25, -0.2) is 0 Å². The van der Waals surface area contributed by atoms with E-state index in [0.717, 1.165) is 28.1 Å². The Balaban J connectivity index is 1.85. The zero-order valence-electron chi connectivity index (χ0n) is 14.3. The van der Waals surface area contributed by atoms with Crippen LogP contribution in [-0.4, -0.2) is 26.9 Å². The van der Waals surface area contributed by atoms with E-state index in [0.29, 0.717) is 23.7 Å². The number of amides is 1. The molecule has 0 bridgehead atoms. The third-order valence-electron chi connectivity index (χ3n) is 4.78. The molecule has 0 radical (unpaired) electrons. The summed E-state index contributed by atoms with van der Waals surface area (Å²) < 4.78 is 21.8. The van der Waals surface area contributed by atoms with Gasteiger partial charge < -0.3 is 24.3 Å². The van der Waals surface area contributed by atoms with E-state index in [2.05, 4.69) is 5.32 Å². The van der Waals surface area contributed by atoms with Crippen LogP contribution in [0, 0.1) is 6.92 Å². The minimum Gasteiger partial charge on any atom is -0.496 e. The van der Waals surface area contributed by atoms with Gasteiger partial charge in [-0.1, -0.05) is 6.07 Å². The van der Waals surface area contributed by atoms with Crippen LogP contribution in [0.2, 0.25) is 0 Å². The van der Waals surface area contributed by atoms with Crippen molar-refractivity contribution in [3.8, 4) is 23.0 Å². The first-order valence-electron chi connectivity index (χ1n) is 8.07. The molecule has 2 aromatic rings. The Labute approximate surface area is 145 Å². The summed E-state index contributed by atoms with van der Waals surface area (Å²) in [4.78, 5) is 12.3. The summed E-state index contributed by atoms with van der Waals surface area (Å²) in [7, 11) is 3.22. The highest BCUT2D eigenvalue weighted by Crippen LogP contribution is 2.47. The maximum atomic E-state index is 12.3. The molecule has 1 atom stereocenters. The third-order valence-corrected chi connectivity index (χ3v) is 4.78. The van der Waals surface area contributed by atoms with Crippen LogP contribution in [0.3, 0.4) is 0 Å². The summed E-state index contributed by atoms with van der Waals surface area (Å²) in [5.74, 6) is 2.51. The Kier molecular flexibility index (Phi) is 3.67. The van der Waals surface area contributed by atoms with Crippen molar-refractivity contribution in [1.82, 2.24) is 0 Å². The second-order valence-electron chi connectivity index (χ2n) is 6.12. The van der Waals surface area contributed by atoms with Gasteiger partial charge in [0.2, 0.25) is 18.4 Å². The normalized spacial score (nSPS) is 17.7. The SMILES string of the molecule is COc1ccc2c(c1C)NC(=O)CC2c1cc(OC)c2c(c1)OCO2.